The Kier molecular flexibility index (Phi) is 7.43. The van der Waals surface area contributed by atoms with Gasteiger partial charge >= 0.3 is 5.97 Å². The Hall–Kier alpha value is -1.14. The van der Waals surface area contributed by atoms with Gasteiger partial charge in [-0.15, -0.1) is 0 Å². The Balaban J connectivity index is 2.14. The van der Waals surface area contributed by atoms with Crippen molar-refractivity contribution in [1.82, 2.24) is 10.2 Å². The molecule has 110 valence electrons. The normalized spacial score (nSPS) is 16.6. The quantitative estimate of drug-likeness (QED) is 0.628. The molecule has 1 saturated heterocycles. The first-order valence-electron chi connectivity index (χ1n) is 6.95. The molecule has 1 fully saturated rings. The van der Waals surface area contributed by atoms with Crippen LogP contribution in [0.25, 0.3) is 0 Å². The van der Waals surface area contributed by atoms with Crippen molar-refractivity contribution in [1.29, 1.82) is 0 Å². The molecule has 0 unspecified atom stereocenters. The van der Waals surface area contributed by atoms with Gasteiger partial charge in [-0.1, -0.05) is 6.92 Å². The lowest BCUT2D eigenvalue weighted by Crippen LogP contribution is -2.41. The van der Waals surface area contributed by atoms with E-state index < -0.39 is 5.97 Å². The first kappa shape index (κ1) is 15.9. The number of carbonyl (C=O) groups is 2. The first-order chi connectivity index (χ1) is 9.13. The molecule has 19 heavy (non-hydrogen) atoms. The zero-order chi connectivity index (χ0) is 14.1. The van der Waals surface area contributed by atoms with E-state index in [1.54, 1.807) is 0 Å². The summed E-state index contributed by atoms with van der Waals surface area (Å²) in [7, 11) is 0. The van der Waals surface area contributed by atoms with Gasteiger partial charge in [-0.2, -0.15) is 0 Å². The highest BCUT2D eigenvalue weighted by Crippen LogP contribution is 2.14. The summed E-state index contributed by atoms with van der Waals surface area (Å²) in [6.07, 6.45) is 2.27. The van der Waals surface area contributed by atoms with Crippen LogP contribution < -0.4 is 5.32 Å². The fraction of sp³-hybridized carbons (Fsp3) is 0.846. The molecule has 1 amide bonds. The van der Waals surface area contributed by atoms with E-state index in [-0.39, 0.29) is 25.0 Å². The number of piperidine rings is 1. The van der Waals surface area contributed by atoms with Gasteiger partial charge < -0.3 is 20.1 Å². The van der Waals surface area contributed by atoms with E-state index in [0.29, 0.717) is 19.5 Å². The van der Waals surface area contributed by atoms with Crippen molar-refractivity contribution in [2.75, 3.05) is 32.8 Å². The fourth-order valence-corrected chi connectivity index (χ4v) is 2.11. The van der Waals surface area contributed by atoms with E-state index in [2.05, 4.69) is 5.32 Å². The van der Waals surface area contributed by atoms with Crippen LogP contribution in [0, 0.1) is 0 Å². The first-order valence-corrected chi connectivity index (χ1v) is 6.95. The zero-order valence-electron chi connectivity index (χ0n) is 11.6. The van der Waals surface area contributed by atoms with Crippen molar-refractivity contribution in [3.63, 3.8) is 0 Å². The third-order valence-corrected chi connectivity index (χ3v) is 3.23. The maximum atomic E-state index is 11.9. The predicted octanol–water partition coefficient (Wildman–Crippen LogP) is 0.468. The van der Waals surface area contributed by atoms with Gasteiger partial charge in [0, 0.05) is 26.1 Å². The molecule has 1 rings (SSSR count). The zero-order valence-corrected chi connectivity index (χ0v) is 11.6. The summed E-state index contributed by atoms with van der Waals surface area (Å²) in [5.41, 5.74) is 0. The predicted molar refractivity (Wildman–Crippen MR) is 71.0 cm³/mol. The van der Waals surface area contributed by atoms with Crippen LogP contribution in [0.5, 0.6) is 0 Å². The molecule has 0 aliphatic carbocycles. The summed E-state index contributed by atoms with van der Waals surface area (Å²) < 4.78 is 5.49. The number of nitrogens with one attached hydrogen (secondary N) is 1. The van der Waals surface area contributed by atoms with Gasteiger partial charge in [0.1, 0.15) is 0 Å². The average molecular weight is 272 g/mol. The summed E-state index contributed by atoms with van der Waals surface area (Å²) in [5.74, 6) is -0.652. The fourth-order valence-electron chi connectivity index (χ4n) is 2.11. The minimum atomic E-state index is -0.837. The number of ether oxygens (including phenoxy) is 1. The van der Waals surface area contributed by atoms with Crippen molar-refractivity contribution in [3.05, 3.63) is 0 Å². The number of carboxylic acids is 1. The Morgan fingerprint density at radius 2 is 2.00 bits per heavy atom. The summed E-state index contributed by atoms with van der Waals surface area (Å²) >= 11 is 0. The summed E-state index contributed by atoms with van der Waals surface area (Å²) in [6, 6.07) is 0. The van der Waals surface area contributed by atoms with Gasteiger partial charge in [-0.3, -0.25) is 9.59 Å². The highest BCUT2D eigenvalue weighted by Gasteiger charge is 2.22. The molecule has 0 aromatic rings. The number of carboxylic acid groups (broad SMARTS) is 1. The van der Waals surface area contributed by atoms with Crippen LogP contribution in [0.1, 0.15) is 32.6 Å². The molecule has 1 heterocycles. The monoisotopic (exact) mass is 272 g/mol. The number of nitrogens with zero attached hydrogens (tertiary/aromatic N) is 1. The molecule has 0 aromatic carbocycles. The lowest BCUT2D eigenvalue weighted by atomic mass is 10.1. The van der Waals surface area contributed by atoms with E-state index >= 15 is 0 Å². The lowest BCUT2D eigenvalue weighted by Gasteiger charge is -2.32. The van der Waals surface area contributed by atoms with Gasteiger partial charge in [-0.25, -0.2) is 0 Å². The third kappa shape index (κ3) is 6.54. The van der Waals surface area contributed by atoms with Gasteiger partial charge in [0.05, 0.1) is 19.1 Å². The summed E-state index contributed by atoms with van der Waals surface area (Å²) in [6.45, 7) is 5.31. The van der Waals surface area contributed by atoms with Crippen molar-refractivity contribution in [3.8, 4) is 0 Å². The summed E-state index contributed by atoms with van der Waals surface area (Å²) in [5, 5.41) is 11.7. The Bertz CT molecular complexity index is 288. The van der Waals surface area contributed by atoms with Crippen LogP contribution >= 0.6 is 0 Å². The van der Waals surface area contributed by atoms with E-state index in [1.807, 2.05) is 11.8 Å². The molecule has 0 radical (unpaired) electrons. The van der Waals surface area contributed by atoms with E-state index in [1.165, 1.54) is 0 Å². The van der Waals surface area contributed by atoms with Crippen molar-refractivity contribution in [2.24, 2.45) is 0 Å². The van der Waals surface area contributed by atoms with Crippen LogP contribution in [0.4, 0.5) is 0 Å². The molecule has 6 nitrogen and oxygen atoms in total. The Morgan fingerprint density at radius 3 is 2.58 bits per heavy atom. The number of rotatable bonds is 8. The third-order valence-electron chi connectivity index (χ3n) is 3.23. The number of aliphatic carboxylic acids is 1. The maximum Gasteiger partial charge on any atom is 0.305 e. The van der Waals surface area contributed by atoms with Crippen LogP contribution in [-0.4, -0.2) is 60.8 Å². The Morgan fingerprint density at radius 1 is 1.32 bits per heavy atom. The molecule has 0 spiro atoms. The van der Waals surface area contributed by atoms with Crippen molar-refractivity contribution in [2.45, 2.75) is 38.7 Å². The van der Waals surface area contributed by atoms with Gasteiger partial charge in [-0.05, 0) is 19.4 Å². The van der Waals surface area contributed by atoms with Gasteiger partial charge in [0.2, 0.25) is 5.91 Å². The largest absolute Gasteiger partial charge is 0.481 e. The number of hydrogen-bond acceptors (Lipinski definition) is 4. The topological polar surface area (TPSA) is 78.9 Å². The molecular weight excluding hydrogens is 248 g/mol. The molecule has 0 aromatic heterocycles. The van der Waals surface area contributed by atoms with E-state index in [9.17, 15) is 9.59 Å². The lowest BCUT2D eigenvalue weighted by molar-refractivity contribution is -0.139. The number of amides is 1. The molecule has 0 bridgehead atoms. The molecule has 2 N–H and O–H groups in total. The molecule has 0 atom stereocenters. The smallest absolute Gasteiger partial charge is 0.305 e. The number of carbonyl (C=O) groups excluding carboxylic acids is 1. The van der Waals surface area contributed by atoms with Crippen LogP contribution in [0.3, 0.4) is 0 Å². The van der Waals surface area contributed by atoms with Crippen LogP contribution in [0.2, 0.25) is 0 Å². The molecule has 1 aliphatic rings. The molecule has 6 heteroatoms. The highest BCUT2D eigenvalue weighted by atomic mass is 16.5. The highest BCUT2D eigenvalue weighted by molar-refractivity contribution is 5.76. The average Bonchev–Trinajstić information content (AvgIpc) is 2.39. The standard InChI is InChI=1S/C13H24N2O4/c1-2-14-7-3-12(16)15-8-4-11(5-9-15)19-10-6-13(17)18/h11,14H,2-10H2,1H3,(H,17,18). The van der Waals surface area contributed by atoms with Crippen molar-refractivity contribution >= 4 is 11.9 Å². The Labute approximate surface area is 114 Å². The minimum Gasteiger partial charge on any atom is -0.481 e. The minimum absolute atomic E-state index is 0.0435. The second-order valence-electron chi connectivity index (χ2n) is 4.70. The number of likely N-dealkylation sites (tertiary alicyclic amines) is 1. The van der Waals surface area contributed by atoms with E-state index in [0.717, 1.165) is 25.9 Å². The second kappa shape index (κ2) is 8.87. The molecule has 0 saturated carbocycles. The van der Waals surface area contributed by atoms with Crippen LogP contribution in [0.15, 0.2) is 0 Å². The van der Waals surface area contributed by atoms with Gasteiger partial charge in [0.25, 0.3) is 0 Å². The summed E-state index contributed by atoms with van der Waals surface area (Å²) in [4.78, 5) is 24.1. The molecule has 1 aliphatic heterocycles. The van der Waals surface area contributed by atoms with Crippen LogP contribution in [-0.2, 0) is 14.3 Å². The number of hydrogen-bond donors (Lipinski definition) is 2. The SMILES string of the molecule is CCNCCC(=O)N1CCC(OCCC(=O)O)CC1. The second-order valence-corrected chi connectivity index (χ2v) is 4.70. The van der Waals surface area contributed by atoms with Crippen molar-refractivity contribution < 1.29 is 19.4 Å². The van der Waals surface area contributed by atoms with E-state index in [4.69, 9.17) is 9.84 Å². The van der Waals surface area contributed by atoms with Gasteiger partial charge in [0.15, 0.2) is 0 Å². The molecular formula is C13H24N2O4. The maximum absolute atomic E-state index is 11.9.